The van der Waals surface area contributed by atoms with Gasteiger partial charge in [0.1, 0.15) is 0 Å². The summed E-state index contributed by atoms with van der Waals surface area (Å²) < 4.78 is 0. The van der Waals surface area contributed by atoms with Crippen molar-refractivity contribution < 1.29 is 9.90 Å². The molecular formula is C13H18N2O2. The zero-order valence-corrected chi connectivity index (χ0v) is 10.2. The largest absolute Gasteiger partial charge is 0.395 e. The molecule has 1 aliphatic heterocycles. The molecule has 1 unspecified atom stereocenters. The zero-order valence-electron chi connectivity index (χ0n) is 10.2. The van der Waals surface area contributed by atoms with Gasteiger partial charge in [-0.25, -0.2) is 4.79 Å². The van der Waals surface area contributed by atoms with Crippen molar-refractivity contribution in [2.24, 2.45) is 0 Å². The van der Waals surface area contributed by atoms with Gasteiger partial charge in [0, 0.05) is 13.1 Å². The molecule has 92 valence electrons. The maximum Gasteiger partial charge on any atom is 0.318 e. The van der Waals surface area contributed by atoms with Crippen LogP contribution >= 0.6 is 0 Å². The lowest BCUT2D eigenvalue weighted by Gasteiger charge is -2.24. The van der Waals surface area contributed by atoms with Crippen molar-refractivity contribution >= 4 is 6.03 Å². The predicted molar refractivity (Wildman–Crippen MR) is 65.8 cm³/mol. The van der Waals surface area contributed by atoms with E-state index in [1.165, 1.54) is 11.1 Å². The molecule has 0 bridgehead atoms. The number of hydrogen-bond donors (Lipinski definition) is 2. The molecule has 2 rings (SSSR count). The number of carbonyl (C=O) groups is 1. The molecule has 1 atom stereocenters. The van der Waals surface area contributed by atoms with E-state index in [9.17, 15) is 4.79 Å². The van der Waals surface area contributed by atoms with Gasteiger partial charge in [-0.2, -0.15) is 0 Å². The molecule has 1 saturated heterocycles. The Bertz CT molecular complexity index is 431. The SMILES string of the molecule is Cc1ccc(C2CNC(=O)N2CCO)c(C)c1. The fourth-order valence-electron chi connectivity index (χ4n) is 2.38. The first kappa shape index (κ1) is 11.9. The monoisotopic (exact) mass is 234 g/mol. The Morgan fingerprint density at radius 3 is 2.88 bits per heavy atom. The lowest BCUT2D eigenvalue weighted by molar-refractivity contribution is 0.179. The van der Waals surface area contributed by atoms with E-state index in [1.807, 2.05) is 0 Å². The molecule has 0 radical (unpaired) electrons. The summed E-state index contributed by atoms with van der Waals surface area (Å²) in [5.41, 5.74) is 3.56. The van der Waals surface area contributed by atoms with Crippen molar-refractivity contribution in [3.8, 4) is 0 Å². The fourth-order valence-corrected chi connectivity index (χ4v) is 2.38. The third-order valence-corrected chi connectivity index (χ3v) is 3.21. The van der Waals surface area contributed by atoms with Crippen LogP contribution in [-0.4, -0.2) is 35.7 Å². The van der Waals surface area contributed by atoms with Crippen molar-refractivity contribution in [2.45, 2.75) is 19.9 Å². The van der Waals surface area contributed by atoms with Crippen LogP contribution in [0.4, 0.5) is 4.79 Å². The normalized spacial score (nSPS) is 19.6. The molecule has 4 nitrogen and oxygen atoms in total. The maximum absolute atomic E-state index is 11.6. The second kappa shape index (κ2) is 4.75. The van der Waals surface area contributed by atoms with E-state index in [2.05, 4.69) is 37.4 Å². The van der Waals surface area contributed by atoms with Gasteiger partial charge in [-0.05, 0) is 25.0 Å². The molecule has 4 heteroatoms. The van der Waals surface area contributed by atoms with Crippen LogP contribution in [-0.2, 0) is 0 Å². The molecule has 17 heavy (non-hydrogen) atoms. The van der Waals surface area contributed by atoms with Crippen LogP contribution in [0.2, 0.25) is 0 Å². The molecular weight excluding hydrogens is 216 g/mol. The van der Waals surface area contributed by atoms with Crippen LogP contribution in [0.3, 0.4) is 0 Å². The third-order valence-electron chi connectivity index (χ3n) is 3.21. The van der Waals surface area contributed by atoms with E-state index in [-0.39, 0.29) is 18.7 Å². The molecule has 1 heterocycles. The zero-order chi connectivity index (χ0) is 12.4. The summed E-state index contributed by atoms with van der Waals surface area (Å²) in [6.45, 7) is 5.10. The van der Waals surface area contributed by atoms with Crippen molar-refractivity contribution in [2.75, 3.05) is 19.7 Å². The average Bonchev–Trinajstić information content (AvgIpc) is 2.62. The number of carbonyl (C=O) groups excluding carboxylic acids is 1. The number of rotatable bonds is 3. The Kier molecular flexibility index (Phi) is 3.33. The summed E-state index contributed by atoms with van der Waals surface area (Å²) in [5, 5.41) is 11.8. The highest BCUT2D eigenvalue weighted by molar-refractivity contribution is 5.77. The summed E-state index contributed by atoms with van der Waals surface area (Å²) in [7, 11) is 0. The lowest BCUT2D eigenvalue weighted by Crippen LogP contribution is -2.32. The second-order valence-electron chi connectivity index (χ2n) is 4.48. The first-order chi connectivity index (χ1) is 8.13. The summed E-state index contributed by atoms with van der Waals surface area (Å²) >= 11 is 0. The molecule has 0 aliphatic carbocycles. The number of aliphatic hydroxyl groups is 1. The fraction of sp³-hybridized carbons (Fsp3) is 0.462. The Morgan fingerprint density at radius 1 is 1.47 bits per heavy atom. The maximum atomic E-state index is 11.6. The number of β-amino-alcohol motifs (C(OH)–C–C–N with tert-alkyl or cyclic N) is 1. The molecule has 1 aromatic carbocycles. The van der Waals surface area contributed by atoms with E-state index in [1.54, 1.807) is 4.90 Å². The number of aliphatic hydroxyl groups excluding tert-OH is 1. The number of benzene rings is 1. The summed E-state index contributed by atoms with van der Waals surface area (Å²) in [4.78, 5) is 13.3. The van der Waals surface area contributed by atoms with E-state index >= 15 is 0 Å². The summed E-state index contributed by atoms with van der Waals surface area (Å²) in [6.07, 6.45) is 0. The predicted octanol–water partition coefficient (Wildman–Crippen LogP) is 1.36. The smallest absolute Gasteiger partial charge is 0.318 e. The van der Waals surface area contributed by atoms with Gasteiger partial charge >= 0.3 is 6.03 Å². The van der Waals surface area contributed by atoms with Crippen LogP contribution in [0.25, 0.3) is 0 Å². The Labute approximate surface area is 101 Å². The molecule has 0 aromatic heterocycles. The number of nitrogens with zero attached hydrogens (tertiary/aromatic N) is 1. The van der Waals surface area contributed by atoms with Gasteiger partial charge in [0.2, 0.25) is 0 Å². The minimum absolute atomic E-state index is 0.00513. The molecule has 0 spiro atoms. The van der Waals surface area contributed by atoms with Crippen LogP contribution < -0.4 is 5.32 Å². The first-order valence-electron chi connectivity index (χ1n) is 5.86. The number of nitrogens with one attached hydrogen (secondary N) is 1. The quantitative estimate of drug-likeness (QED) is 0.829. The van der Waals surface area contributed by atoms with Gasteiger partial charge < -0.3 is 15.3 Å². The van der Waals surface area contributed by atoms with E-state index in [4.69, 9.17) is 5.11 Å². The van der Waals surface area contributed by atoms with E-state index < -0.39 is 0 Å². The number of urea groups is 1. The van der Waals surface area contributed by atoms with Crippen molar-refractivity contribution in [3.63, 3.8) is 0 Å². The highest BCUT2D eigenvalue weighted by Crippen LogP contribution is 2.27. The number of aryl methyl sites for hydroxylation is 2. The van der Waals surface area contributed by atoms with Crippen LogP contribution in [0.15, 0.2) is 18.2 Å². The molecule has 0 saturated carbocycles. The highest BCUT2D eigenvalue weighted by atomic mass is 16.3. The summed E-state index contributed by atoms with van der Waals surface area (Å²) in [5.74, 6) is 0. The molecule has 2 N–H and O–H groups in total. The molecule has 1 fully saturated rings. The van der Waals surface area contributed by atoms with Gasteiger partial charge in [0.15, 0.2) is 0 Å². The second-order valence-corrected chi connectivity index (χ2v) is 4.48. The van der Waals surface area contributed by atoms with Gasteiger partial charge in [0.25, 0.3) is 0 Å². The highest BCUT2D eigenvalue weighted by Gasteiger charge is 2.31. The number of amides is 2. The lowest BCUT2D eigenvalue weighted by atomic mass is 9.99. The van der Waals surface area contributed by atoms with Crippen LogP contribution in [0.5, 0.6) is 0 Å². The van der Waals surface area contributed by atoms with Gasteiger partial charge in [-0.1, -0.05) is 23.8 Å². The minimum atomic E-state index is -0.0935. The van der Waals surface area contributed by atoms with E-state index in [0.29, 0.717) is 13.1 Å². The Balaban J connectivity index is 2.29. The van der Waals surface area contributed by atoms with Crippen molar-refractivity contribution in [3.05, 3.63) is 34.9 Å². The average molecular weight is 234 g/mol. The van der Waals surface area contributed by atoms with Crippen LogP contribution in [0, 0.1) is 13.8 Å². The Hall–Kier alpha value is -1.55. The topological polar surface area (TPSA) is 52.6 Å². The van der Waals surface area contributed by atoms with Gasteiger partial charge in [-0.15, -0.1) is 0 Å². The van der Waals surface area contributed by atoms with Gasteiger partial charge in [0.05, 0.1) is 12.6 Å². The first-order valence-corrected chi connectivity index (χ1v) is 5.86. The molecule has 1 aromatic rings. The van der Waals surface area contributed by atoms with E-state index in [0.717, 1.165) is 5.56 Å². The summed E-state index contributed by atoms with van der Waals surface area (Å²) in [6, 6.07) is 6.19. The molecule has 2 amide bonds. The van der Waals surface area contributed by atoms with Crippen molar-refractivity contribution in [1.29, 1.82) is 0 Å². The van der Waals surface area contributed by atoms with Gasteiger partial charge in [-0.3, -0.25) is 0 Å². The van der Waals surface area contributed by atoms with Crippen molar-refractivity contribution in [1.82, 2.24) is 10.2 Å². The van der Waals surface area contributed by atoms with Crippen LogP contribution in [0.1, 0.15) is 22.7 Å². The Morgan fingerprint density at radius 2 is 2.24 bits per heavy atom. The molecule has 1 aliphatic rings. The number of hydrogen-bond acceptors (Lipinski definition) is 2. The minimum Gasteiger partial charge on any atom is -0.395 e. The third kappa shape index (κ3) is 2.26. The standard InChI is InChI=1S/C13H18N2O2/c1-9-3-4-11(10(2)7-9)12-8-14-13(17)15(12)5-6-16/h3-4,7,12,16H,5-6,8H2,1-2H3,(H,14,17).